The molecule has 2 rings (SSSR count). The number of nitrogens with zero attached hydrogens (tertiary/aromatic N) is 2. The molecule has 0 saturated carbocycles. The van der Waals surface area contributed by atoms with Gasteiger partial charge in [0.1, 0.15) is 17.4 Å². The molecule has 0 saturated heterocycles. The largest absolute Gasteiger partial charge is 0.437 e. The van der Waals surface area contributed by atoms with Crippen molar-refractivity contribution in [1.29, 1.82) is 5.26 Å². The van der Waals surface area contributed by atoms with Crippen LogP contribution in [0.4, 0.5) is 5.69 Å². The van der Waals surface area contributed by atoms with Gasteiger partial charge in [0.15, 0.2) is 0 Å². The number of ether oxygens (including phenoxy) is 1. The Balaban J connectivity index is 2.43. The summed E-state index contributed by atoms with van der Waals surface area (Å²) >= 11 is 0. The number of nitrogen functional groups attached to an aromatic ring is 1. The molecule has 0 aliphatic heterocycles. The van der Waals surface area contributed by atoms with Crippen molar-refractivity contribution >= 4 is 5.69 Å². The topological polar surface area (TPSA) is 71.9 Å². The maximum atomic E-state index is 9.02. The molecule has 2 aromatic rings. The number of benzene rings is 1. The maximum Gasteiger partial charge on any atom is 0.237 e. The van der Waals surface area contributed by atoms with Crippen LogP contribution in [0.5, 0.6) is 11.6 Å². The summed E-state index contributed by atoms with van der Waals surface area (Å²) < 4.78 is 5.68. The van der Waals surface area contributed by atoms with E-state index in [1.54, 1.807) is 30.3 Å². The van der Waals surface area contributed by atoms with E-state index in [4.69, 9.17) is 15.7 Å². The fourth-order valence-corrected chi connectivity index (χ4v) is 1.54. The number of nitriles is 1. The molecule has 90 valence electrons. The summed E-state index contributed by atoms with van der Waals surface area (Å²) in [5, 5.41) is 9.02. The number of pyridine rings is 1. The first kappa shape index (κ1) is 11.9. The van der Waals surface area contributed by atoms with Crippen LogP contribution in [0.25, 0.3) is 0 Å². The van der Waals surface area contributed by atoms with Crippen molar-refractivity contribution in [2.45, 2.75) is 13.8 Å². The van der Waals surface area contributed by atoms with Crippen LogP contribution in [0.3, 0.4) is 0 Å². The van der Waals surface area contributed by atoms with Crippen molar-refractivity contribution < 1.29 is 4.74 Å². The fraction of sp³-hybridized carbons (Fsp3) is 0.143. The third kappa shape index (κ3) is 2.25. The van der Waals surface area contributed by atoms with Crippen LogP contribution in [0, 0.1) is 25.2 Å². The molecule has 0 fully saturated rings. The van der Waals surface area contributed by atoms with Crippen molar-refractivity contribution in [3.8, 4) is 17.7 Å². The van der Waals surface area contributed by atoms with Crippen molar-refractivity contribution in [2.75, 3.05) is 5.73 Å². The van der Waals surface area contributed by atoms with Gasteiger partial charge in [-0.05, 0) is 38.1 Å². The Morgan fingerprint density at radius 3 is 2.72 bits per heavy atom. The monoisotopic (exact) mass is 239 g/mol. The van der Waals surface area contributed by atoms with Crippen LogP contribution in [0.1, 0.15) is 16.8 Å². The van der Waals surface area contributed by atoms with Gasteiger partial charge in [0.05, 0.1) is 0 Å². The molecule has 2 N–H and O–H groups in total. The Hall–Kier alpha value is -2.54. The number of hydrogen-bond acceptors (Lipinski definition) is 4. The summed E-state index contributed by atoms with van der Waals surface area (Å²) in [6.07, 6.45) is 0. The minimum absolute atomic E-state index is 0.311. The van der Waals surface area contributed by atoms with Crippen molar-refractivity contribution in [3.05, 3.63) is 47.2 Å². The quantitative estimate of drug-likeness (QED) is 0.818. The lowest BCUT2D eigenvalue weighted by atomic mass is 10.2. The van der Waals surface area contributed by atoms with E-state index in [1.165, 1.54) is 0 Å². The highest BCUT2D eigenvalue weighted by molar-refractivity contribution is 5.54. The number of nitrogens with two attached hydrogens (primary N) is 1. The highest BCUT2D eigenvalue weighted by atomic mass is 16.5. The number of rotatable bonds is 2. The van der Waals surface area contributed by atoms with Crippen molar-refractivity contribution in [2.24, 2.45) is 0 Å². The lowest BCUT2D eigenvalue weighted by Gasteiger charge is -2.10. The van der Waals surface area contributed by atoms with E-state index in [0.717, 1.165) is 11.3 Å². The van der Waals surface area contributed by atoms with E-state index in [2.05, 4.69) is 11.1 Å². The van der Waals surface area contributed by atoms with Gasteiger partial charge < -0.3 is 10.5 Å². The van der Waals surface area contributed by atoms with Gasteiger partial charge in [0.25, 0.3) is 0 Å². The summed E-state index contributed by atoms with van der Waals surface area (Å²) in [6, 6.07) is 10.9. The zero-order valence-electron chi connectivity index (χ0n) is 10.3. The SMILES string of the molecule is Cc1ccc(C#N)c(Oc2cccc(N)c2C)n1. The summed E-state index contributed by atoms with van der Waals surface area (Å²) in [6.45, 7) is 3.72. The van der Waals surface area contributed by atoms with Crippen LogP contribution in [-0.4, -0.2) is 4.98 Å². The highest BCUT2D eigenvalue weighted by Gasteiger charge is 2.09. The smallest absolute Gasteiger partial charge is 0.237 e. The molecule has 4 nitrogen and oxygen atoms in total. The summed E-state index contributed by atoms with van der Waals surface area (Å²) in [5.74, 6) is 0.927. The molecular formula is C14H13N3O. The summed E-state index contributed by atoms with van der Waals surface area (Å²) in [4.78, 5) is 4.22. The lowest BCUT2D eigenvalue weighted by molar-refractivity contribution is 0.457. The Bertz CT molecular complexity index is 629. The maximum absolute atomic E-state index is 9.02. The fourth-order valence-electron chi connectivity index (χ4n) is 1.54. The van der Waals surface area contributed by atoms with E-state index in [-0.39, 0.29) is 0 Å². The van der Waals surface area contributed by atoms with Crippen LogP contribution in [0.2, 0.25) is 0 Å². The Morgan fingerprint density at radius 1 is 1.22 bits per heavy atom. The van der Waals surface area contributed by atoms with Crippen LogP contribution in [-0.2, 0) is 0 Å². The molecule has 0 radical (unpaired) electrons. The standard InChI is InChI=1S/C14H13N3O/c1-9-6-7-11(8-15)14(17-9)18-13-5-3-4-12(16)10(13)2/h3-7H,16H2,1-2H3. The average molecular weight is 239 g/mol. The Morgan fingerprint density at radius 2 is 2.00 bits per heavy atom. The average Bonchev–Trinajstić information content (AvgIpc) is 2.35. The number of anilines is 1. The molecule has 0 aliphatic rings. The molecule has 1 heterocycles. The molecule has 0 amide bonds. The molecule has 0 aliphatic carbocycles. The third-order valence-electron chi connectivity index (χ3n) is 2.65. The number of hydrogen-bond donors (Lipinski definition) is 1. The van der Waals surface area contributed by atoms with Gasteiger partial charge in [-0.25, -0.2) is 4.98 Å². The molecule has 1 aromatic carbocycles. The van der Waals surface area contributed by atoms with Gasteiger partial charge in [-0.2, -0.15) is 5.26 Å². The number of aryl methyl sites for hydroxylation is 1. The molecule has 1 aromatic heterocycles. The van der Waals surface area contributed by atoms with Crippen LogP contribution in [0.15, 0.2) is 30.3 Å². The van der Waals surface area contributed by atoms with Gasteiger partial charge >= 0.3 is 0 Å². The van der Waals surface area contributed by atoms with E-state index >= 15 is 0 Å². The Labute approximate surface area is 106 Å². The predicted molar refractivity (Wildman–Crippen MR) is 69.4 cm³/mol. The van der Waals surface area contributed by atoms with Crippen molar-refractivity contribution in [3.63, 3.8) is 0 Å². The van der Waals surface area contributed by atoms with E-state index in [0.29, 0.717) is 22.9 Å². The molecule has 18 heavy (non-hydrogen) atoms. The second-order valence-corrected chi connectivity index (χ2v) is 3.99. The van der Waals surface area contributed by atoms with Gasteiger partial charge in [0, 0.05) is 16.9 Å². The molecule has 4 heteroatoms. The Kier molecular flexibility index (Phi) is 3.16. The zero-order chi connectivity index (χ0) is 13.1. The lowest BCUT2D eigenvalue weighted by Crippen LogP contribution is -1.97. The van der Waals surface area contributed by atoms with E-state index in [1.807, 2.05) is 13.8 Å². The third-order valence-corrected chi connectivity index (χ3v) is 2.65. The van der Waals surface area contributed by atoms with Gasteiger partial charge in [-0.3, -0.25) is 0 Å². The molecule has 0 atom stereocenters. The number of aromatic nitrogens is 1. The zero-order valence-corrected chi connectivity index (χ0v) is 10.3. The molecule has 0 bridgehead atoms. The van der Waals surface area contributed by atoms with Crippen LogP contribution >= 0.6 is 0 Å². The van der Waals surface area contributed by atoms with E-state index in [9.17, 15) is 0 Å². The molecular weight excluding hydrogens is 226 g/mol. The first-order valence-electron chi connectivity index (χ1n) is 5.52. The van der Waals surface area contributed by atoms with Gasteiger partial charge in [0.2, 0.25) is 5.88 Å². The summed E-state index contributed by atoms with van der Waals surface area (Å²) in [5.41, 5.74) is 8.50. The second kappa shape index (κ2) is 4.76. The highest BCUT2D eigenvalue weighted by Crippen LogP contribution is 2.29. The first-order chi connectivity index (χ1) is 8.61. The minimum Gasteiger partial charge on any atom is -0.437 e. The summed E-state index contributed by atoms with van der Waals surface area (Å²) in [7, 11) is 0. The second-order valence-electron chi connectivity index (χ2n) is 3.99. The minimum atomic E-state index is 0.311. The van der Waals surface area contributed by atoms with Gasteiger partial charge in [-0.1, -0.05) is 6.07 Å². The molecule has 0 spiro atoms. The van der Waals surface area contributed by atoms with Gasteiger partial charge in [-0.15, -0.1) is 0 Å². The van der Waals surface area contributed by atoms with E-state index < -0.39 is 0 Å². The first-order valence-corrected chi connectivity index (χ1v) is 5.52. The normalized spacial score (nSPS) is 9.83. The van der Waals surface area contributed by atoms with Crippen LogP contribution < -0.4 is 10.5 Å². The molecule has 0 unspecified atom stereocenters. The van der Waals surface area contributed by atoms with Crippen molar-refractivity contribution in [1.82, 2.24) is 4.98 Å². The predicted octanol–water partition coefficient (Wildman–Crippen LogP) is 2.94.